The van der Waals surface area contributed by atoms with Crippen molar-refractivity contribution in [2.24, 2.45) is 5.92 Å². The fourth-order valence-corrected chi connectivity index (χ4v) is 3.67. The first-order valence-electron chi connectivity index (χ1n) is 7.18. The van der Waals surface area contributed by atoms with Gasteiger partial charge in [0.05, 0.1) is 14.6 Å². The van der Waals surface area contributed by atoms with Gasteiger partial charge in [0.25, 0.3) is 0 Å². The van der Waals surface area contributed by atoms with Crippen molar-refractivity contribution in [3.63, 3.8) is 0 Å². The average molecular weight is 387 g/mol. The Morgan fingerprint density at radius 2 is 2.10 bits per heavy atom. The second kappa shape index (κ2) is 5.50. The quantitative estimate of drug-likeness (QED) is 0.578. The van der Waals surface area contributed by atoms with Crippen molar-refractivity contribution in [3.8, 4) is 0 Å². The zero-order valence-electron chi connectivity index (χ0n) is 11.6. The van der Waals surface area contributed by atoms with Crippen LogP contribution in [-0.2, 0) is 0 Å². The number of hydrogen-bond donors (Lipinski definition) is 1. The van der Waals surface area contributed by atoms with Crippen molar-refractivity contribution in [2.75, 3.05) is 5.73 Å². The number of nitrogen functional groups attached to an aromatic ring is 1. The van der Waals surface area contributed by atoms with E-state index in [0.717, 1.165) is 29.8 Å². The molecule has 2 N–H and O–H groups in total. The number of nitrogens with zero attached hydrogens (tertiary/aromatic N) is 2. The van der Waals surface area contributed by atoms with E-state index in [9.17, 15) is 4.39 Å². The van der Waals surface area contributed by atoms with Crippen molar-refractivity contribution in [1.82, 2.24) is 9.55 Å². The van der Waals surface area contributed by atoms with Crippen LogP contribution in [0.4, 0.5) is 10.3 Å². The van der Waals surface area contributed by atoms with Crippen molar-refractivity contribution in [3.05, 3.63) is 21.5 Å². The van der Waals surface area contributed by atoms with Gasteiger partial charge in [-0.2, -0.15) is 0 Å². The molecule has 2 unspecified atom stereocenters. The summed E-state index contributed by atoms with van der Waals surface area (Å²) in [5, 5.41) is 0. The van der Waals surface area contributed by atoms with Gasteiger partial charge in [0.15, 0.2) is 0 Å². The minimum absolute atomic E-state index is 0.193. The van der Waals surface area contributed by atoms with Gasteiger partial charge in [0, 0.05) is 12.1 Å². The fourth-order valence-electron chi connectivity index (χ4n) is 3.22. The van der Waals surface area contributed by atoms with Gasteiger partial charge in [-0.15, -0.1) is 0 Å². The van der Waals surface area contributed by atoms with Crippen LogP contribution in [-0.4, -0.2) is 9.55 Å². The standard InChI is InChI=1S/C15H19FIN3/c1-9-3-2-4-10(6-5-9)20-14-7-11(16)12(17)8-13(14)19-15(20)18/h7-10H,2-6H2,1H3,(H2,18,19). The number of rotatable bonds is 1. The van der Waals surface area contributed by atoms with Crippen LogP contribution >= 0.6 is 22.6 Å². The molecule has 0 bridgehead atoms. The molecule has 0 amide bonds. The summed E-state index contributed by atoms with van der Waals surface area (Å²) >= 11 is 1.99. The minimum Gasteiger partial charge on any atom is -0.369 e. The Balaban J connectivity index is 2.06. The van der Waals surface area contributed by atoms with E-state index >= 15 is 0 Å². The highest BCUT2D eigenvalue weighted by atomic mass is 127. The Labute approximate surface area is 131 Å². The van der Waals surface area contributed by atoms with Crippen molar-refractivity contribution in [1.29, 1.82) is 0 Å². The molecular formula is C15H19FIN3. The van der Waals surface area contributed by atoms with Crippen LogP contribution in [0.1, 0.15) is 45.1 Å². The van der Waals surface area contributed by atoms with Gasteiger partial charge in [-0.3, -0.25) is 0 Å². The third-order valence-corrected chi connectivity index (χ3v) is 5.18. The third-order valence-electron chi connectivity index (χ3n) is 4.35. The van der Waals surface area contributed by atoms with Crippen molar-refractivity contribution in [2.45, 2.75) is 45.1 Å². The molecule has 1 aliphatic carbocycles. The highest BCUT2D eigenvalue weighted by Gasteiger charge is 2.22. The molecule has 0 saturated heterocycles. The number of aromatic nitrogens is 2. The maximum absolute atomic E-state index is 13.9. The van der Waals surface area contributed by atoms with E-state index in [4.69, 9.17) is 5.73 Å². The lowest BCUT2D eigenvalue weighted by Gasteiger charge is -2.18. The molecule has 1 aromatic heterocycles. The molecule has 1 fully saturated rings. The van der Waals surface area contributed by atoms with E-state index in [-0.39, 0.29) is 5.82 Å². The number of imidazole rings is 1. The summed E-state index contributed by atoms with van der Waals surface area (Å²) in [5.41, 5.74) is 7.73. The van der Waals surface area contributed by atoms with Gasteiger partial charge in [-0.25, -0.2) is 9.37 Å². The Kier molecular flexibility index (Phi) is 3.88. The molecule has 0 radical (unpaired) electrons. The number of benzene rings is 1. The minimum atomic E-state index is -0.193. The van der Waals surface area contributed by atoms with Gasteiger partial charge >= 0.3 is 0 Å². The first-order chi connectivity index (χ1) is 9.56. The Morgan fingerprint density at radius 3 is 2.90 bits per heavy atom. The zero-order chi connectivity index (χ0) is 14.3. The average Bonchev–Trinajstić information content (AvgIpc) is 2.57. The maximum Gasteiger partial charge on any atom is 0.201 e. The fraction of sp³-hybridized carbons (Fsp3) is 0.533. The summed E-state index contributed by atoms with van der Waals surface area (Å²) in [6.45, 7) is 2.31. The summed E-state index contributed by atoms with van der Waals surface area (Å²) < 4.78 is 16.5. The highest BCUT2D eigenvalue weighted by molar-refractivity contribution is 14.1. The number of halogens is 2. The molecular weight excluding hydrogens is 368 g/mol. The van der Waals surface area contributed by atoms with Gasteiger partial charge in [0.2, 0.25) is 5.95 Å². The highest BCUT2D eigenvalue weighted by Crippen LogP contribution is 2.35. The summed E-state index contributed by atoms with van der Waals surface area (Å²) in [6.07, 6.45) is 5.89. The van der Waals surface area contributed by atoms with E-state index in [1.165, 1.54) is 19.3 Å². The van der Waals surface area contributed by atoms with E-state index in [1.807, 2.05) is 27.2 Å². The van der Waals surface area contributed by atoms with E-state index in [2.05, 4.69) is 11.9 Å². The molecule has 3 rings (SSSR count). The predicted molar refractivity (Wildman–Crippen MR) is 88.1 cm³/mol. The second-order valence-corrected chi connectivity index (χ2v) is 7.02. The van der Waals surface area contributed by atoms with Crippen molar-refractivity contribution < 1.29 is 4.39 Å². The normalized spacial score (nSPS) is 23.9. The molecule has 1 saturated carbocycles. The Morgan fingerprint density at radius 1 is 1.30 bits per heavy atom. The van der Waals surface area contributed by atoms with Crippen LogP contribution in [0.3, 0.4) is 0 Å². The molecule has 0 aliphatic heterocycles. The lowest BCUT2D eigenvalue weighted by atomic mass is 10.0. The molecule has 3 nitrogen and oxygen atoms in total. The first kappa shape index (κ1) is 14.1. The number of nitrogens with two attached hydrogens (primary N) is 1. The van der Waals surface area contributed by atoms with Crippen LogP contribution in [0, 0.1) is 15.3 Å². The van der Waals surface area contributed by atoms with Gasteiger partial charge in [-0.1, -0.05) is 19.8 Å². The van der Waals surface area contributed by atoms with Crippen LogP contribution in [0.25, 0.3) is 11.0 Å². The molecule has 1 aliphatic rings. The molecule has 20 heavy (non-hydrogen) atoms. The molecule has 108 valence electrons. The number of anilines is 1. The zero-order valence-corrected chi connectivity index (χ0v) is 13.7. The van der Waals surface area contributed by atoms with E-state index in [1.54, 1.807) is 12.1 Å². The third kappa shape index (κ3) is 2.52. The lowest BCUT2D eigenvalue weighted by molar-refractivity contribution is 0.445. The molecule has 0 spiro atoms. The van der Waals surface area contributed by atoms with Gasteiger partial charge in [0.1, 0.15) is 5.82 Å². The molecule has 2 aromatic rings. The predicted octanol–water partition coefficient (Wildman–Crippen LogP) is 4.50. The second-order valence-electron chi connectivity index (χ2n) is 5.86. The SMILES string of the molecule is CC1CCCC(n2c(N)nc3cc(I)c(F)cc32)CC1. The van der Waals surface area contributed by atoms with Crippen molar-refractivity contribution >= 4 is 39.6 Å². The summed E-state index contributed by atoms with van der Waals surface area (Å²) in [7, 11) is 0. The monoisotopic (exact) mass is 387 g/mol. The largest absolute Gasteiger partial charge is 0.369 e. The Hall–Kier alpha value is -0.850. The summed E-state index contributed by atoms with van der Waals surface area (Å²) in [6, 6.07) is 3.70. The molecule has 1 heterocycles. The van der Waals surface area contributed by atoms with Crippen LogP contribution < -0.4 is 5.73 Å². The van der Waals surface area contributed by atoms with Gasteiger partial charge in [-0.05, 0) is 53.8 Å². The van der Waals surface area contributed by atoms with Crippen LogP contribution in [0.5, 0.6) is 0 Å². The lowest BCUT2D eigenvalue weighted by Crippen LogP contribution is -2.11. The van der Waals surface area contributed by atoms with Crippen LogP contribution in [0.2, 0.25) is 0 Å². The molecule has 5 heteroatoms. The summed E-state index contributed by atoms with van der Waals surface area (Å²) in [4.78, 5) is 4.41. The molecule has 1 aromatic carbocycles. The van der Waals surface area contributed by atoms with E-state index in [0.29, 0.717) is 15.6 Å². The Bertz CT molecular complexity index is 638. The van der Waals surface area contributed by atoms with Crippen LogP contribution in [0.15, 0.2) is 12.1 Å². The summed E-state index contributed by atoms with van der Waals surface area (Å²) in [5.74, 6) is 1.09. The number of fused-ring (bicyclic) bond motifs is 1. The molecule has 2 atom stereocenters. The van der Waals surface area contributed by atoms with E-state index < -0.39 is 0 Å². The number of hydrogen-bond acceptors (Lipinski definition) is 2. The maximum atomic E-state index is 13.9. The van der Waals surface area contributed by atoms with Gasteiger partial charge < -0.3 is 10.3 Å². The smallest absolute Gasteiger partial charge is 0.201 e. The topological polar surface area (TPSA) is 43.8 Å². The first-order valence-corrected chi connectivity index (χ1v) is 8.26.